The van der Waals surface area contributed by atoms with E-state index in [1.54, 1.807) is 0 Å². The fourth-order valence-electron chi connectivity index (χ4n) is 2.87. The molecule has 0 spiro atoms. The lowest BCUT2D eigenvalue weighted by Gasteiger charge is -2.17. The Balaban J connectivity index is 2.14. The summed E-state index contributed by atoms with van der Waals surface area (Å²) in [6.07, 6.45) is 2.70. The van der Waals surface area contributed by atoms with Crippen molar-refractivity contribution in [2.75, 3.05) is 5.73 Å². The van der Waals surface area contributed by atoms with E-state index in [1.807, 2.05) is 4.57 Å². The third-order valence-corrected chi connectivity index (χ3v) is 3.89. The van der Waals surface area contributed by atoms with Crippen LogP contribution in [0.4, 0.5) is 10.1 Å². The number of hydrogen-bond acceptors (Lipinski definition) is 3. The van der Waals surface area contributed by atoms with Crippen molar-refractivity contribution in [1.29, 1.82) is 5.26 Å². The molecule has 4 nitrogen and oxygen atoms in total. The Morgan fingerprint density at radius 3 is 2.67 bits per heavy atom. The molecule has 0 bridgehead atoms. The summed E-state index contributed by atoms with van der Waals surface area (Å²) in [5.41, 5.74) is 8.23. The molecule has 3 rings (SSSR count). The number of nitrogen functional groups attached to an aromatic ring is 1. The highest BCUT2D eigenvalue weighted by atomic mass is 19.1. The lowest BCUT2D eigenvalue weighted by Crippen LogP contribution is -2.17. The standard InChI is InChI=1S/C16H14FN3O/c17-11-6-4-10(5-7-11)16(21)15-14(19)12(9-18)13-3-1-2-8-20(13)15/h4-7H,1-3,8,19H2. The number of nitrogens with zero attached hydrogens (tertiary/aromatic N) is 2. The predicted molar refractivity (Wildman–Crippen MR) is 76.3 cm³/mol. The largest absolute Gasteiger partial charge is 0.396 e. The van der Waals surface area contributed by atoms with Gasteiger partial charge in [-0.3, -0.25) is 4.79 Å². The van der Waals surface area contributed by atoms with Crippen molar-refractivity contribution in [1.82, 2.24) is 4.57 Å². The Hall–Kier alpha value is -2.61. The summed E-state index contributed by atoms with van der Waals surface area (Å²) in [5.74, 6) is -0.661. The molecule has 0 amide bonds. The highest BCUT2D eigenvalue weighted by Gasteiger charge is 2.27. The molecule has 0 saturated heterocycles. The number of anilines is 1. The van der Waals surface area contributed by atoms with Crippen LogP contribution in [-0.4, -0.2) is 10.4 Å². The minimum absolute atomic E-state index is 0.240. The number of aromatic nitrogens is 1. The molecule has 21 heavy (non-hydrogen) atoms. The average molecular weight is 283 g/mol. The van der Waals surface area contributed by atoms with E-state index in [9.17, 15) is 14.4 Å². The maximum absolute atomic E-state index is 13.0. The summed E-state index contributed by atoms with van der Waals surface area (Å²) in [5, 5.41) is 9.27. The van der Waals surface area contributed by atoms with Crippen molar-refractivity contribution in [3.63, 3.8) is 0 Å². The van der Waals surface area contributed by atoms with E-state index in [0.717, 1.165) is 25.0 Å². The van der Waals surface area contributed by atoms with Crippen molar-refractivity contribution in [2.24, 2.45) is 0 Å². The molecule has 2 aromatic rings. The van der Waals surface area contributed by atoms with Gasteiger partial charge in [0.25, 0.3) is 0 Å². The van der Waals surface area contributed by atoms with E-state index >= 15 is 0 Å². The van der Waals surface area contributed by atoms with Gasteiger partial charge in [0.05, 0.1) is 11.3 Å². The second-order valence-electron chi connectivity index (χ2n) is 5.14. The third-order valence-electron chi connectivity index (χ3n) is 3.89. The second-order valence-corrected chi connectivity index (χ2v) is 5.14. The SMILES string of the molecule is N#Cc1c(N)c(C(=O)c2ccc(F)cc2)n2c1CCCC2. The molecule has 0 unspecified atom stereocenters. The first-order chi connectivity index (χ1) is 10.1. The van der Waals surface area contributed by atoms with Crippen molar-refractivity contribution in [3.8, 4) is 6.07 Å². The van der Waals surface area contributed by atoms with Crippen LogP contribution < -0.4 is 5.73 Å². The maximum Gasteiger partial charge on any atom is 0.211 e. The minimum atomic E-state index is -0.394. The highest BCUT2D eigenvalue weighted by Crippen LogP contribution is 2.31. The molecule has 106 valence electrons. The number of benzene rings is 1. The number of nitrogens with two attached hydrogens (primary N) is 1. The van der Waals surface area contributed by atoms with Gasteiger partial charge in [0, 0.05) is 17.8 Å². The van der Waals surface area contributed by atoms with E-state index in [-0.39, 0.29) is 11.5 Å². The molecule has 0 saturated carbocycles. The van der Waals surface area contributed by atoms with Gasteiger partial charge in [0.15, 0.2) is 0 Å². The van der Waals surface area contributed by atoms with Gasteiger partial charge >= 0.3 is 0 Å². The molecule has 0 aliphatic carbocycles. The number of halogens is 1. The molecule has 1 aromatic carbocycles. The zero-order valence-electron chi connectivity index (χ0n) is 11.4. The van der Waals surface area contributed by atoms with Crippen LogP contribution in [0.5, 0.6) is 0 Å². The zero-order valence-corrected chi connectivity index (χ0v) is 11.4. The molecule has 2 heterocycles. The monoisotopic (exact) mass is 283 g/mol. The normalized spacial score (nSPS) is 13.5. The molecule has 1 aromatic heterocycles. The van der Waals surface area contributed by atoms with Gasteiger partial charge in [-0.05, 0) is 43.5 Å². The molecular formula is C16H14FN3O. The third kappa shape index (κ3) is 2.09. The van der Waals surface area contributed by atoms with Crippen LogP contribution in [0, 0.1) is 17.1 Å². The molecular weight excluding hydrogens is 269 g/mol. The van der Waals surface area contributed by atoms with Crippen LogP contribution in [0.1, 0.15) is 40.2 Å². The van der Waals surface area contributed by atoms with Crippen molar-refractivity contribution < 1.29 is 9.18 Å². The first-order valence-electron chi connectivity index (χ1n) is 6.84. The van der Waals surface area contributed by atoms with Crippen LogP contribution in [0.3, 0.4) is 0 Å². The summed E-state index contributed by atoms with van der Waals surface area (Å²) >= 11 is 0. The van der Waals surface area contributed by atoms with Crippen LogP contribution in [-0.2, 0) is 13.0 Å². The van der Waals surface area contributed by atoms with Crippen LogP contribution in [0.2, 0.25) is 0 Å². The van der Waals surface area contributed by atoms with Gasteiger partial charge in [-0.15, -0.1) is 0 Å². The first kappa shape index (κ1) is 13.4. The Kier molecular flexibility index (Phi) is 3.22. The van der Waals surface area contributed by atoms with Gasteiger partial charge in [-0.1, -0.05) is 0 Å². The van der Waals surface area contributed by atoms with Crippen LogP contribution in [0.25, 0.3) is 0 Å². The summed E-state index contributed by atoms with van der Waals surface area (Å²) in [6.45, 7) is 0.684. The highest BCUT2D eigenvalue weighted by molar-refractivity contribution is 6.12. The van der Waals surface area contributed by atoms with Crippen LogP contribution in [0.15, 0.2) is 24.3 Å². The lowest BCUT2D eigenvalue weighted by molar-refractivity contribution is 0.103. The van der Waals surface area contributed by atoms with E-state index in [4.69, 9.17) is 5.73 Å². The van der Waals surface area contributed by atoms with E-state index in [0.29, 0.717) is 23.4 Å². The smallest absolute Gasteiger partial charge is 0.211 e. The maximum atomic E-state index is 13.0. The molecule has 0 radical (unpaired) electrons. The molecule has 0 fully saturated rings. The summed E-state index contributed by atoms with van der Waals surface area (Å²) in [6, 6.07) is 7.46. The summed E-state index contributed by atoms with van der Waals surface area (Å²) < 4.78 is 14.8. The lowest BCUT2D eigenvalue weighted by atomic mass is 10.1. The molecule has 1 aliphatic heterocycles. The average Bonchev–Trinajstić information content (AvgIpc) is 2.78. The van der Waals surface area contributed by atoms with Crippen LogP contribution >= 0.6 is 0 Å². The summed E-state index contributed by atoms with van der Waals surface area (Å²) in [4.78, 5) is 12.6. The minimum Gasteiger partial charge on any atom is -0.396 e. The van der Waals surface area contributed by atoms with E-state index < -0.39 is 5.82 Å². The second kappa shape index (κ2) is 5.06. The topological polar surface area (TPSA) is 71.8 Å². The Morgan fingerprint density at radius 2 is 2.00 bits per heavy atom. The number of ketones is 1. The van der Waals surface area contributed by atoms with E-state index in [2.05, 4.69) is 6.07 Å². The zero-order chi connectivity index (χ0) is 15.0. The number of carbonyl (C=O) groups is 1. The molecule has 1 aliphatic rings. The predicted octanol–water partition coefficient (Wildman–Crippen LogP) is 2.65. The van der Waals surface area contributed by atoms with Gasteiger partial charge in [0.2, 0.25) is 5.78 Å². The van der Waals surface area contributed by atoms with Crippen molar-refractivity contribution >= 4 is 11.5 Å². The van der Waals surface area contributed by atoms with Gasteiger partial charge in [0.1, 0.15) is 17.6 Å². The number of rotatable bonds is 2. The van der Waals surface area contributed by atoms with Crippen molar-refractivity contribution in [2.45, 2.75) is 25.8 Å². The quantitative estimate of drug-likeness (QED) is 0.861. The van der Waals surface area contributed by atoms with Crippen molar-refractivity contribution in [3.05, 3.63) is 52.6 Å². The number of hydrogen-bond donors (Lipinski definition) is 1. The Morgan fingerprint density at radius 1 is 1.29 bits per heavy atom. The first-order valence-corrected chi connectivity index (χ1v) is 6.84. The van der Waals surface area contributed by atoms with E-state index in [1.165, 1.54) is 24.3 Å². The summed E-state index contributed by atoms with van der Waals surface area (Å²) in [7, 11) is 0. The Bertz CT molecular complexity index is 753. The van der Waals surface area contributed by atoms with Gasteiger partial charge in [-0.25, -0.2) is 4.39 Å². The molecule has 5 heteroatoms. The van der Waals surface area contributed by atoms with Gasteiger partial charge < -0.3 is 10.3 Å². The number of carbonyl (C=O) groups excluding carboxylic acids is 1. The number of fused-ring (bicyclic) bond motifs is 1. The fourth-order valence-corrected chi connectivity index (χ4v) is 2.87. The molecule has 2 N–H and O–H groups in total. The molecule has 0 atom stereocenters. The van der Waals surface area contributed by atoms with Gasteiger partial charge in [-0.2, -0.15) is 5.26 Å². The number of nitriles is 1. The fraction of sp³-hybridized carbons (Fsp3) is 0.250. The Labute approximate surface area is 121 Å².